The van der Waals surface area contributed by atoms with Gasteiger partial charge in [-0.2, -0.15) is 15.0 Å². The zero-order valence-electron chi connectivity index (χ0n) is 10.3. The zero-order valence-corrected chi connectivity index (χ0v) is 11.1. The lowest BCUT2D eigenvalue weighted by atomic mass is 10.4. The van der Waals surface area contributed by atoms with E-state index in [9.17, 15) is 0 Å². The summed E-state index contributed by atoms with van der Waals surface area (Å²) in [7, 11) is 0. The molecule has 1 aromatic rings. The van der Waals surface area contributed by atoms with Crippen LogP contribution in [0.1, 0.15) is 33.1 Å². The molecule has 96 valence electrons. The molecule has 0 aliphatic carbocycles. The number of hydrazine groups is 1. The number of rotatable bonds is 8. The van der Waals surface area contributed by atoms with Gasteiger partial charge in [-0.15, -0.1) is 0 Å². The molecule has 6 nitrogen and oxygen atoms in total. The van der Waals surface area contributed by atoms with Gasteiger partial charge in [-0.3, -0.25) is 5.43 Å². The summed E-state index contributed by atoms with van der Waals surface area (Å²) in [5.74, 6) is 6.63. The molecule has 1 aromatic heterocycles. The fraction of sp³-hybridized carbons (Fsp3) is 0.700. The molecule has 0 radical (unpaired) electrons. The molecule has 0 fully saturated rings. The Hall–Kier alpha value is -1.08. The molecule has 1 heterocycles. The van der Waals surface area contributed by atoms with Crippen LogP contribution in [0, 0.1) is 0 Å². The van der Waals surface area contributed by atoms with Crippen molar-refractivity contribution in [3.63, 3.8) is 0 Å². The summed E-state index contributed by atoms with van der Waals surface area (Å²) < 4.78 is 5.37. The minimum absolute atomic E-state index is 0.328. The summed E-state index contributed by atoms with van der Waals surface area (Å²) in [5.41, 5.74) is 2.42. The summed E-state index contributed by atoms with van der Waals surface area (Å²) in [6.45, 7) is 4.77. The Balaban J connectivity index is 2.67. The molecule has 0 amide bonds. The Bertz CT molecular complexity index is 336. The number of hydrogen-bond donors (Lipinski definition) is 2. The number of nitrogen functional groups attached to an aromatic ring is 1. The quantitative estimate of drug-likeness (QED) is 0.318. The van der Waals surface area contributed by atoms with Crippen LogP contribution in [0.2, 0.25) is 0 Å². The Morgan fingerprint density at radius 1 is 1.24 bits per heavy atom. The monoisotopic (exact) mass is 257 g/mol. The molecule has 3 N–H and O–H groups in total. The van der Waals surface area contributed by atoms with Crippen molar-refractivity contribution in [1.29, 1.82) is 0 Å². The molecular weight excluding hydrogens is 238 g/mol. The summed E-state index contributed by atoms with van der Waals surface area (Å²) in [6.07, 6.45) is 3.20. The third-order valence-corrected chi connectivity index (χ3v) is 2.82. The van der Waals surface area contributed by atoms with E-state index in [1.807, 2.05) is 6.92 Å². The molecule has 0 atom stereocenters. The van der Waals surface area contributed by atoms with Crippen molar-refractivity contribution in [2.45, 2.75) is 38.3 Å². The van der Waals surface area contributed by atoms with Gasteiger partial charge in [0.25, 0.3) is 0 Å². The maximum Gasteiger partial charge on any atom is 0.322 e. The smallest absolute Gasteiger partial charge is 0.322 e. The number of nitrogens with one attached hydrogen (secondary N) is 1. The highest BCUT2D eigenvalue weighted by Crippen LogP contribution is 2.18. The molecule has 0 aliphatic rings. The third kappa shape index (κ3) is 5.18. The summed E-state index contributed by atoms with van der Waals surface area (Å²) in [6, 6.07) is 0.328. The molecule has 0 unspecified atom stereocenters. The lowest BCUT2D eigenvalue weighted by Gasteiger charge is -2.06. The molecule has 0 aliphatic heterocycles. The van der Waals surface area contributed by atoms with E-state index < -0.39 is 0 Å². The summed E-state index contributed by atoms with van der Waals surface area (Å²) >= 11 is 1.58. The number of anilines is 1. The van der Waals surface area contributed by atoms with Crippen LogP contribution in [0.15, 0.2) is 5.16 Å². The van der Waals surface area contributed by atoms with Crippen LogP contribution < -0.4 is 16.0 Å². The van der Waals surface area contributed by atoms with Crippen LogP contribution in [0.4, 0.5) is 5.95 Å². The average molecular weight is 257 g/mol. The number of unbranched alkanes of at least 4 members (excludes halogenated alkanes) is 1. The van der Waals surface area contributed by atoms with Crippen LogP contribution >= 0.6 is 11.8 Å². The van der Waals surface area contributed by atoms with Crippen LogP contribution in [-0.2, 0) is 0 Å². The molecule has 0 saturated carbocycles. The number of nitrogens with zero attached hydrogens (tertiary/aromatic N) is 3. The van der Waals surface area contributed by atoms with Gasteiger partial charge in [0.15, 0.2) is 5.16 Å². The van der Waals surface area contributed by atoms with Gasteiger partial charge in [-0.1, -0.05) is 32.0 Å². The number of nitrogens with two attached hydrogens (primary N) is 1. The van der Waals surface area contributed by atoms with E-state index >= 15 is 0 Å². The first-order valence-electron chi connectivity index (χ1n) is 5.78. The lowest BCUT2D eigenvalue weighted by Crippen LogP contribution is -2.13. The fourth-order valence-electron chi connectivity index (χ4n) is 1.03. The zero-order chi connectivity index (χ0) is 12.5. The topological polar surface area (TPSA) is 86.0 Å². The molecule has 0 saturated heterocycles. The molecule has 7 heteroatoms. The highest BCUT2D eigenvalue weighted by molar-refractivity contribution is 7.99. The second kappa shape index (κ2) is 8.08. The molecule has 17 heavy (non-hydrogen) atoms. The van der Waals surface area contributed by atoms with Crippen molar-refractivity contribution in [2.75, 3.05) is 17.8 Å². The van der Waals surface area contributed by atoms with Gasteiger partial charge in [0.1, 0.15) is 0 Å². The van der Waals surface area contributed by atoms with Crippen molar-refractivity contribution >= 4 is 17.7 Å². The highest BCUT2D eigenvalue weighted by Gasteiger charge is 2.06. The summed E-state index contributed by atoms with van der Waals surface area (Å²) in [5, 5.41) is 0.646. The largest absolute Gasteiger partial charge is 0.463 e. The molecular formula is C10H19N5OS. The average Bonchev–Trinajstić information content (AvgIpc) is 2.36. The Morgan fingerprint density at radius 3 is 2.71 bits per heavy atom. The van der Waals surface area contributed by atoms with Crippen LogP contribution in [0.5, 0.6) is 6.01 Å². The van der Waals surface area contributed by atoms with Crippen LogP contribution in [0.25, 0.3) is 0 Å². The Labute approximate surface area is 106 Å². The van der Waals surface area contributed by atoms with E-state index in [-0.39, 0.29) is 0 Å². The standard InChI is InChI=1S/C10H19N5OS/c1-3-5-7-17-10-13-8(15-11)12-9(14-10)16-6-4-2/h3-7,11H2,1-2H3,(H,12,13,14,15). The normalized spacial score (nSPS) is 10.3. The number of hydrogen-bond acceptors (Lipinski definition) is 7. The van der Waals surface area contributed by atoms with Crippen molar-refractivity contribution in [1.82, 2.24) is 15.0 Å². The highest BCUT2D eigenvalue weighted by atomic mass is 32.2. The predicted molar refractivity (Wildman–Crippen MR) is 69.1 cm³/mol. The molecule has 0 aromatic carbocycles. The van der Waals surface area contributed by atoms with Gasteiger partial charge >= 0.3 is 6.01 Å². The van der Waals surface area contributed by atoms with Crippen molar-refractivity contribution in [2.24, 2.45) is 5.84 Å². The number of thioether (sulfide) groups is 1. The summed E-state index contributed by atoms with van der Waals surface area (Å²) in [4.78, 5) is 12.4. The van der Waals surface area contributed by atoms with Crippen molar-refractivity contribution in [3.8, 4) is 6.01 Å². The first-order chi connectivity index (χ1) is 8.30. The second-order valence-corrected chi connectivity index (χ2v) is 4.48. The van der Waals surface area contributed by atoms with Crippen molar-refractivity contribution in [3.05, 3.63) is 0 Å². The maximum absolute atomic E-state index is 5.37. The van der Waals surface area contributed by atoms with E-state index in [0.29, 0.717) is 23.7 Å². The van der Waals surface area contributed by atoms with E-state index in [2.05, 4.69) is 27.3 Å². The molecule has 1 rings (SSSR count). The number of ether oxygens (including phenoxy) is 1. The molecule has 0 spiro atoms. The van der Waals surface area contributed by atoms with E-state index in [0.717, 1.165) is 25.0 Å². The fourth-order valence-corrected chi connectivity index (χ4v) is 1.94. The third-order valence-electron chi connectivity index (χ3n) is 1.89. The minimum atomic E-state index is 0.328. The number of aromatic nitrogens is 3. The first-order valence-corrected chi connectivity index (χ1v) is 6.77. The van der Waals surface area contributed by atoms with Crippen LogP contribution in [0.3, 0.4) is 0 Å². The van der Waals surface area contributed by atoms with E-state index in [1.165, 1.54) is 0 Å². The van der Waals surface area contributed by atoms with Gasteiger partial charge in [0, 0.05) is 5.75 Å². The van der Waals surface area contributed by atoms with Crippen LogP contribution in [-0.4, -0.2) is 27.3 Å². The van der Waals surface area contributed by atoms with Crippen molar-refractivity contribution < 1.29 is 4.74 Å². The van der Waals surface area contributed by atoms with Gasteiger partial charge in [-0.25, -0.2) is 5.84 Å². The second-order valence-electron chi connectivity index (χ2n) is 3.42. The Kier molecular flexibility index (Phi) is 6.64. The van der Waals surface area contributed by atoms with Gasteiger partial charge < -0.3 is 4.74 Å². The minimum Gasteiger partial charge on any atom is -0.463 e. The predicted octanol–water partition coefficient (Wildman–Crippen LogP) is 1.84. The Morgan fingerprint density at radius 2 is 2.06 bits per heavy atom. The van der Waals surface area contributed by atoms with E-state index in [4.69, 9.17) is 10.6 Å². The molecule has 0 bridgehead atoms. The van der Waals surface area contributed by atoms with Gasteiger partial charge in [-0.05, 0) is 12.8 Å². The maximum atomic E-state index is 5.37. The van der Waals surface area contributed by atoms with Gasteiger partial charge in [0.2, 0.25) is 5.95 Å². The lowest BCUT2D eigenvalue weighted by molar-refractivity contribution is 0.288. The van der Waals surface area contributed by atoms with Gasteiger partial charge in [0.05, 0.1) is 6.61 Å². The SMILES string of the molecule is CCCCSc1nc(NN)nc(OCCC)n1. The first kappa shape index (κ1) is 14.0. The van der Waals surface area contributed by atoms with E-state index in [1.54, 1.807) is 11.8 Å².